The van der Waals surface area contributed by atoms with Crippen molar-refractivity contribution < 1.29 is 4.74 Å². The maximum Gasteiger partial charge on any atom is 0.137 e. The van der Waals surface area contributed by atoms with Crippen molar-refractivity contribution >= 4 is 6.08 Å². The molecule has 1 unspecified atom stereocenters. The summed E-state index contributed by atoms with van der Waals surface area (Å²) in [4.78, 5) is 2.31. The van der Waals surface area contributed by atoms with E-state index in [-0.39, 0.29) is 6.23 Å². The van der Waals surface area contributed by atoms with Crippen LogP contribution in [-0.4, -0.2) is 24.6 Å². The molecule has 0 aliphatic carbocycles. The normalized spacial score (nSPS) is 12.7. The minimum Gasteiger partial charge on any atom is -0.359 e. The van der Waals surface area contributed by atoms with Crippen LogP contribution in [0.15, 0.2) is 30.8 Å². The molecule has 0 saturated heterocycles. The molecule has 0 spiro atoms. The Morgan fingerprint density at radius 1 is 1.24 bits per heavy atom. The molecular weight excluding hydrogens is 210 g/mol. The molecule has 2 heteroatoms. The van der Waals surface area contributed by atoms with E-state index in [0.717, 1.165) is 18.7 Å². The second kappa shape index (κ2) is 7.25. The van der Waals surface area contributed by atoms with Crippen molar-refractivity contribution in [3.8, 4) is 0 Å². The Hall–Kier alpha value is -1.12. The average molecular weight is 233 g/mol. The lowest BCUT2D eigenvalue weighted by molar-refractivity contribution is -0.0531. The largest absolute Gasteiger partial charge is 0.359 e. The van der Waals surface area contributed by atoms with Crippen LogP contribution in [0.3, 0.4) is 0 Å². The van der Waals surface area contributed by atoms with E-state index in [2.05, 4.69) is 43.5 Å². The highest BCUT2D eigenvalue weighted by Gasteiger charge is 2.19. The molecule has 1 aromatic carbocycles. The van der Waals surface area contributed by atoms with Crippen molar-refractivity contribution in [2.75, 3.05) is 19.7 Å². The Balaban J connectivity index is 3.07. The Morgan fingerprint density at radius 2 is 1.88 bits per heavy atom. The van der Waals surface area contributed by atoms with Crippen LogP contribution in [0.2, 0.25) is 0 Å². The van der Waals surface area contributed by atoms with E-state index in [9.17, 15) is 0 Å². The van der Waals surface area contributed by atoms with Gasteiger partial charge in [-0.2, -0.15) is 0 Å². The van der Waals surface area contributed by atoms with E-state index in [4.69, 9.17) is 4.74 Å². The van der Waals surface area contributed by atoms with E-state index >= 15 is 0 Å². The van der Waals surface area contributed by atoms with E-state index in [1.54, 1.807) is 0 Å². The first-order chi connectivity index (χ1) is 8.28. The van der Waals surface area contributed by atoms with Gasteiger partial charge in [-0.15, -0.1) is 0 Å². The van der Waals surface area contributed by atoms with Gasteiger partial charge in [0.2, 0.25) is 0 Å². The molecule has 0 aliphatic rings. The van der Waals surface area contributed by atoms with Crippen molar-refractivity contribution in [1.29, 1.82) is 0 Å². The molecule has 0 heterocycles. The molecule has 0 saturated carbocycles. The molecule has 1 rings (SSSR count). The first-order valence-electron chi connectivity index (χ1n) is 6.35. The zero-order chi connectivity index (χ0) is 12.7. The number of ether oxygens (including phenoxy) is 1. The molecule has 0 aliphatic heterocycles. The van der Waals surface area contributed by atoms with Gasteiger partial charge in [-0.05, 0) is 25.6 Å². The van der Waals surface area contributed by atoms with Gasteiger partial charge >= 0.3 is 0 Å². The van der Waals surface area contributed by atoms with Gasteiger partial charge in [-0.3, -0.25) is 4.90 Å². The highest BCUT2D eigenvalue weighted by molar-refractivity contribution is 5.52. The van der Waals surface area contributed by atoms with Crippen LogP contribution in [0.5, 0.6) is 0 Å². The van der Waals surface area contributed by atoms with E-state index in [1.807, 2.05) is 19.1 Å². The molecule has 0 N–H and O–H groups in total. The van der Waals surface area contributed by atoms with Gasteiger partial charge in [-0.1, -0.05) is 50.8 Å². The zero-order valence-electron chi connectivity index (χ0n) is 11.1. The van der Waals surface area contributed by atoms with Crippen molar-refractivity contribution in [3.05, 3.63) is 42.0 Å². The highest BCUT2D eigenvalue weighted by Crippen LogP contribution is 2.25. The lowest BCUT2D eigenvalue weighted by Crippen LogP contribution is -2.30. The zero-order valence-corrected chi connectivity index (χ0v) is 11.1. The minimum atomic E-state index is 0.0317. The van der Waals surface area contributed by atoms with Crippen LogP contribution >= 0.6 is 0 Å². The number of rotatable bonds is 7. The summed E-state index contributed by atoms with van der Waals surface area (Å²) in [5.74, 6) is 0. The fraction of sp³-hybridized carbons (Fsp3) is 0.467. The lowest BCUT2D eigenvalue weighted by Gasteiger charge is -2.30. The van der Waals surface area contributed by atoms with E-state index in [1.165, 1.54) is 5.56 Å². The Labute approximate surface area is 105 Å². The number of hydrogen-bond donors (Lipinski definition) is 0. The van der Waals surface area contributed by atoms with Gasteiger partial charge in [0.25, 0.3) is 0 Å². The van der Waals surface area contributed by atoms with Crippen LogP contribution in [0.25, 0.3) is 6.08 Å². The van der Waals surface area contributed by atoms with Gasteiger partial charge in [0, 0.05) is 12.2 Å². The highest BCUT2D eigenvalue weighted by atomic mass is 16.5. The van der Waals surface area contributed by atoms with Crippen LogP contribution in [0.4, 0.5) is 0 Å². The van der Waals surface area contributed by atoms with Crippen molar-refractivity contribution in [2.45, 2.75) is 27.0 Å². The van der Waals surface area contributed by atoms with Gasteiger partial charge in [0.1, 0.15) is 6.23 Å². The summed E-state index contributed by atoms with van der Waals surface area (Å²) in [7, 11) is 0. The molecule has 0 radical (unpaired) electrons. The maximum atomic E-state index is 5.89. The summed E-state index contributed by atoms with van der Waals surface area (Å²) in [6.45, 7) is 12.9. The van der Waals surface area contributed by atoms with Gasteiger partial charge in [-0.25, -0.2) is 0 Å². The summed E-state index contributed by atoms with van der Waals surface area (Å²) >= 11 is 0. The molecule has 17 heavy (non-hydrogen) atoms. The Bertz CT molecular complexity index is 345. The Kier molecular flexibility index (Phi) is 5.95. The SMILES string of the molecule is C=Cc1ccccc1C(OCC)N(CC)CC. The second-order valence-electron chi connectivity index (χ2n) is 3.86. The first-order valence-corrected chi connectivity index (χ1v) is 6.35. The van der Waals surface area contributed by atoms with Crippen molar-refractivity contribution in [3.63, 3.8) is 0 Å². The minimum absolute atomic E-state index is 0.0317. The molecule has 94 valence electrons. The van der Waals surface area contributed by atoms with Crippen LogP contribution in [0, 0.1) is 0 Å². The molecule has 0 fully saturated rings. The molecular formula is C15H23NO. The van der Waals surface area contributed by atoms with Gasteiger partial charge in [0.05, 0.1) is 0 Å². The van der Waals surface area contributed by atoms with Crippen LogP contribution in [-0.2, 0) is 4.74 Å². The predicted octanol–water partition coefficient (Wildman–Crippen LogP) is 3.71. The Morgan fingerprint density at radius 3 is 2.41 bits per heavy atom. The molecule has 0 amide bonds. The lowest BCUT2D eigenvalue weighted by atomic mass is 10.1. The summed E-state index contributed by atoms with van der Waals surface area (Å²) in [6, 6.07) is 8.29. The quantitative estimate of drug-likeness (QED) is 0.666. The summed E-state index contributed by atoms with van der Waals surface area (Å²) in [5, 5.41) is 0. The standard InChI is InChI=1S/C15H23NO/c1-5-13-11-9-10-12-14(13)15(17-8-4)16(6-2)7-3/h5,9-12,15H,1,6-8H2,2-4H3. The number of benzene rings is 1. The predicted molar refractivity (Wildman–Crippen MR) is 73.8 cm³/mol. The molecule has 0 aromatic heterocycles. The topological polar surface area (TPSA) is 12.5 Å². The van der Waals surface area contributed by atoms with Crippen molar-refractivity contribution in [1.82, 2.24) is 4.90 Å². The van der Waals surface area contributed by atoms with Crippen LogP contribution < -0.4 is 0 Å². The van der Waals surface area contributed by atoms with E-state index in [0.29, 0.717) is 6.61 Å². The van der Waals surface area contributed by atoms with E-state index < -0.39 is 0 Å². The molecule has 1 atom stereocenters. The number of nitrogens with zero attached hydrogens (tertiary/aromatic N) is 1. The van der Waals surface area contributed by atoms with Crippen LogP contribution in [0.1, 0.15) is 38.1 Å². The third-order valence-corrected chi connectivity index (χ3v) is 2.95. The third-order valence-electron chi connectivity index (χ3n) is 2.95. The first kappa shape index (κ1) is 13.9. The molecule has 1 aromatic rings. The summed E-state index contributed by atoms with van der Waals surface area (Å²) < 4.78 is 5.89. The summed E-state index contributed by atoms with van der Waals surface area (Å²) in [6.07, 6.45) is 1.93. The second-order valence-corrected chi connectivity index (χ2v) is 3.86. The maximum absolute atomic E-state index is 5.89. The third kappa shape index (κ3) is 3.42. The fourth-order valence-corrected chi connectivity index (χ4v) is 2.03. The van der Waals surface area contributed by atoms with Gasteiger partial charge < -0.3 is 4.74 Å². The van der Waals surface area contributed by atoms with Crippen molar-refractivity contribution in [2.24, 2.45) is 0 Å². The smallest absolute Gasteiger partial charge is 0.137 e. The fourth-order valence-electron chi connectivity index (χ4n) is 2.03. The van der Waals surface area contributed by atoms with Gasteiger partial charge in [0.15, 0.2) is 0 Å². The molecule has 2 nitrogen and oxygen atoms in total. The monoisotopic (exact) mass is 233 g/mol. The number of hydrogen-bond acceptors (Lipinski definition) is 2. The molecule has 0 bridgehead atoms. The summed E-state index contributed by atoms with van der Waals surface area (Å²) in [5.41, 5.74) is 2.35. The average Bonchev–Trinajstić information content (AvgIpc) is 2.39.